The Hall–Kier alpha value is -1.10. The van der Waals surface area contributed by atoms with E-state index in [0.29, 0.717) is 16.0 Å². The standard InChI is InChI=1S/C10H9BClNO2/c1-6-9(12)3-2-7-8(11(14)15)4-5-13-10(6)7/h2-5,14-15H,1H3. The third-order valence-corrected chi connectivity index (χ3v) is 2.82. The van der Waals surface area contributed by atoms with Crippen molar-refractivity contribution in [1.29, 1.82) is 0 Å². The Labute approximate surface area is 92.5 Å². The fourth-order valence-corrected chi connectivity index (χ4v) is 1.73. The monoisotopic (exact) mass is 221 g/mol. The first-order chi connectivity index (χ1) is 7.11. The molecule has 0 atom stereocenters. The summed E-state index contributed by atoms with van der Waals surface area (Å²) in [7, 11) is -1.49. The largest absolute Gasteiger partial charge is 0.489 e. The number of halogens is 1. The Bertz CT molecular complexity index is 516. The maximum atomic E-state index is 9.18. The van der Waals surface area contributed by atoms with Crippen molar-refractivity contribution in [3.8, 4) is 0 Å². The van der Waals surface area contributed by atoms with Gasteiger partial charge in [-0.25, -0.2) is 0 Å². The first-order valence-corrected chi connectivity index (χ1v) is 4.89. The molecule has 0 unspecified atom stereocenters. The minimum absolute atomic E-state index is 0.444. The highest BCUT2D eigenvalue weighted by Gasteiger charge is 2.16. The van der Waals surface area contributed by atoms with Crippen LogP contribution in [0.1, 0.15) is 5.56 Å². The Morgan fingerprint density at radius 2 is 2.00 bits per heavy atom. The third-order valence-electron chi connectivity index (χ3n) is 2.41. The van der Waals surface area contributed by atoms with Gasteiger partial charge >= 0.3 is 7.12 Å². The van der Waals surface area contributed by atoms with Gasteiger partial charge in [0.15, 0.2) is 0 Å². The van der Waals surface area contributed by atoms with E-state index in [1.54, 1.807) is 24.4 Å². The summed E-state index contributed by atoms with van der Waals surface area (Å²) in [5, 5.41) is 19.7. The predicted octanol–water partition coefficient (Wildman–Crippen LogP) is 0.876. The van der Waals surface area contributed by atoms with E-state index >= 15 is 0 Å². The van der Waals surface area contributed by atoms with Crippen LogP contribution in [0.5, 0.6) is 0 Å². The fraction of sp³-hybridized carbons (Fsp3) is 0.100. The summed E-state index contributed by atoms with van der Waals surface area (Å²) in [5.74, 6) is 0. The maximum Gasteiger partial charge on any atom is 0.489 e. The van der Waals surface area contributed by atoms with Crippen LogP contribution in [0.25, 0.3) is 10.9 Å². The first kappa shape index (κ1) is 10.4. The number of hydrogen-bond donors (Lipinski definition) is 2. The van der Waals surface area contributed by atoms with Crippen molar-refractivity contribution < 1.29 is 10.0 Å². The minimum atomic E-state index is -1.49. The zero-order chi connectivity index (χ0) is 11.0. The van der Waals surface area contributed by atoms with Crippen molar-refractivity contribution in [3.05, 3.63) is 35.0 Å². The van der Waals surface area contributed by atoms with Crippen molar-refractivity contribution in [3.63, 3.8) is 0 Å². The second kappa shape index (κ2) is 3.81. The number of benzene rings is 1. The van der Waals surface area contributed by atoms with Crippen molar-refractivity contribution in [2.45, 2.75) is 6.92 Å². The summed E-state index contributed by atoms with van der Waals surface area (Å²) in [6, 6.07) is 5.06. The third kappa shape index (κ3) is 1.72. The van der Waals surface area contributed by atoms with E-state index in [0.717, 1.165) is 10.9 Å². The van der Waals surface area contributed by atoms with Crippen LogP contribution >= 0.6 is 11.6 Å². The molecular formula is C10H9BClNO2. The molecule has 2 rings (SSSR count). The van der Waals surface area contributed by atoms with Gasteiger partial charge in [-0.2, -0.15) is 0 Å². The average molecular weight is 221 g/mol. The topological polar surface area (TPSA) is 53.4 Å². The Kier molecular flexibility index (Phi) is 2.65. The molecule has 0 fully saturated rings. The number of nitrogens with zero attached hydrogens (tertiary/aromatic N) is 1. The molecule has 1 aromatic carbocycles. The second-order valence-corrected chi connectivity index (χ2v) is 3.75. The van der Waals surface area contributed by atoms with Gasteiger partial charge in [-0.15, -0.1) is 0 Å². The van der Waals surface area contributed by atoms with Crippen LogP contribution in [0.3, 0.4) is 0 Å². The summed E-state index contributed by atoms with van der Waals surface area (Å²) in [6.45, 7) is 1.85. The summed E-state index contributed by atoms with van der Waals surface area (Å²) in [4.78, 5) is 4.18. The van der Waals surface area contributed by atoms with E-state index in [-0.39, 0.29) is 0 Å². The van der Waals surface area contributed by atoms with Gasteiger partial charge in [0.2, 0.25) is 0 Å². The average Bonchev–Trinajstić information content (AvgIpc) is 2.23. The molecule has 3 nitrogen and oxygen atoms in total. The molecule has 0 aliphatic rings. The molecule has 1 heterocycles. The van der Waals surface area contributed by atoms with Gasteiger partial charge in [-0.1, -0.05) is 17.7 Å². The Balaban J connectivity index is 2.83. The highest BCUT2D eigenvalue weighted by Crippen LogP contribution is 2.22. The Morgan fingerprint density at radius 3 is 2.67 bits per heavy atom. The zero-order valence-corrected chi connectivity index (χ0v) is 8.86. The molecule has 0 bridgehead atoms. The molecule has 5 heteroatoms. The molecule has 0 aliphatic heterocycles. The lowest BCUT2D eigenvalue weighted by Gasteiger charge is -2.07. The molecular weight excluding hydrogens is 212 g/mol. The van der Waals surface area contributed by atoms with Gasteiger partial charge in [0.05, 0.1) is 5.52 Å². The summed E-state index contributed by atoms with van der Waals surface area (Å²) in [6.07, 6.45) is 1.54. The quantitative estimate of drug-likeness (QED) is 0.703. The number of pyridine rings is 1. The van der Waals surface area contributed by atoms with Crippen LogP contribution in [0, 0.1) is 6.92 Å². The SMILES string of the molecule is Cc1c(Cl)ccc2c(B(O)O)ccnc12. The van der Waals surface area contributed by atoms with Gasteiger partial charge in [-0.3, -0.25) is 4.98 Å². The van der Waals surface area contributed by atoms with Gasteiger partial charge in [-0.05, 0) is 30.1 Å². The number of aryl methyl sites for hydroxylation is 1. The van der Waals surface area contributed by atoms with E-state index in [1.807, 2.05) is 6.92 Å². The smallest absolute Gasteiger partial charge is 0.423 e. The van der Waals surface area contributed by atoms with E-state index in [2.05, 4.69) is 4.98 Å². The van der Waals surface area contributed by atoms with Gasteiger partial charge in [0.25, 0.3) is 0 Å². The van der Waals surface area contributed by atoms with E-state index in [9.17, 15) is 10.0 Å². The molecule has 0 spiro atoms. The van der Waals surface area contributed by atoms with Crippen LogP contribution in [-0.4, -0.2) is 22.2 Å². The molecule has 15 heavy (non-hydrogen) atoms. The fourth-order valence-electron chi connectivity index (χ4n) is 1.58. The van der Waals surface area contributed by atoms with Crippen molar-refractivity contribution >= 4 is 35.1 Å². The van der Waals surface area contributed by atoms with Crippen LogP contribution in [0.15, 0.2) is 24.4 Å². The molecule has 2 N–H and O–H groups in total. The lowest BCUT2D eigenvalue weighted by atomic mass is 9.78. The first-order valence-electron chi connectivity index (χ1n) is 4.51. The van der Waals surface area contributed by atoms with Crippen LogP contribution in [-0.2, 0) is 0 Å². The number of rotatable bonds is 1. The van der Waals surface area contributed by atoms with E-state index < -0.39 is 7.12 Å². The summed E-state index contributed by atoms with van der Waals surface area (Å²) in [5.41, 5.74) is 1.99. The predicted molar refractivity (Wildman–Crippen MR) is 61.3 cm³/mol. The molecule has 0 amide bonds. The number of fused-ring (bicyclic) bond motifs is 1. The molecule has 1 aromatic heterocycles. The van der Waals surface area contributed by atoms with Crippen molar-refractivity contribution in [1.82, 2.24) is 4.98 Å². The lowest BCUT2D eigenvalue weighted by Crippen LogP contribution is -2.30. The minimum Gasteiger partial charge on any atom is -0.423 e. The Morgan fingerprint density at radius 1 is 1.27 bits per heavy atom. The van der Waals surface area contributed by atoms with E-state index in [1.165, 1.54) is 0 Å². The highest BCUT2D eigenvalue weighted by molar-refractivity contribution is 6.61. The van der Waals surface area contributed by atoms with Crippen LogP contribution < -0.4 is 5.46 Å². The lowest BCUT2D eigenvalue weighted by molar-refractivity contribution is 0.426. The van der Waals surface area contributed by atoms with Crippen molar-refractivity contribution in [2.75, 3.05) is 0 Å². The molecule has 0 aliphatic carbocycles. The molecule has 76 valence electrons. The molecule has 2 aromatic rings. The van der Waals surface area contributed by atoms with E-state index in [4.69, 9.17) is 11.6 Å². The van der Waals surface area contributed by atoms with Crippen LogP contribution in [0.4, 0.5) is 0 Å². The summed E-state index contributed by atoms with van der Waals surface area (Å²) >= 11 is 5.95. The van der Waals surface area contributed by atoms with Gasteiger partial charge in [0.1, 0.15) is 0 Å². The van der Waals surface area contributed by atoms with Gasteiger partial charge < -0.3 is 10.0 Å². The zero-order valence-electron chi connectivity index (χ0n) is 8.11. The number of aromatic nitrogens is 1. The molecule has 0 saturated heterocycles. The van der Waals surface area contributed by atoms with Crippen LogP contribution in [0.2, 0.25) is 5.02 Å². The second-order valence-electron chi connectivity index (χ2n) is 3.34. The van der Waals surface area contributed by atoms with Crippen molar-refractivity contribution in [2.24, 2.45) is 0 Å². The summed E-state index contributed by atoms with van der Waals surface area (Å²) < 4.78 is 0. The molecule has 0 saturated carbocycles. The van der Waals surface area contributed by atoms with Gasteiger partial charge in [0, 0.05) is 16.6 Å². The number of hydrogen-bond acceptors (Lipinski definition) is 3. The molecule has 0 radical (unpaired) electrons. The maximum absolute atomic E-state index is 9.18. The normalized spacial score (nSPS) is 10.7. The highest BCUT2D eigenvalue weighted by atomic mass is 35.5.